The second-order valence-corrected chi connectivity index (χ2v) is 6.02. The zero-order valence-electron chi connectivity index (χ0n) is 14.4. The van der Waals surface area contributed by atoms with Gasteiger partial charge in [0.2, 0.25) is 0 Å². The van der Waals surface area contributed by atoms with E-state index in [4.69, 9.17) is 21.5 Å². The van der Waals surface area contributed by atoms with Crippen molar-refractivity contribution in [2.75, 3.05) is 36.2 Å². The second-order valence-electron chi connectivity index (χ2n) is 5.61. The molecule has 0 aliphatic rings. The van der Waals surface area contributed by atoms with Crippen molar-refractivity contribution < 1.29 is 9.26 Å². The molecule has 3 aromatic rings. The zero-order chi connectivity index (χ0) is 17.8. The van der Waals surface area contributed by atoms with E-state index in [2.05, 4.69) is 15.8 Å². The first kappa shape index (κ1) is 17.0. The fraction of sp³-hybridized carbons (Fsp3) is 0.222. The first-order valence-electron chi connectivity index (χ1n) is 7.95. The molecule has 7 heteroatoms. The maximum absolute atomic E-state index is 5.43. The third kappa shape index (κ3) is 3.83. The summed E-state index contributed by atoms with van der Waals surface area (Å²) < 4.78 is 10.8. The largest absolute Gasteiger partial charge is 0.494 e. The van der Waals surface area contributed by atoms with Crippen LogP contribution in [0.4, 0.5) is 17.2 Å². The normalized spacial score (nSPS) is 10.5. The number of thiocarbonyl (C=S) groups is 1. The number of aromatic nitrogens is 1. The van der Waals surface area contributed by atoms with Crippen LogP contribution in [0.3, 0.4) is 0 Å². The second kappa shape index (κ2) is 7.40. The topological polar surface area (TPSA) is 62.6 Å². The molecule has 1 aromatic heterocycles. The molecular weight excluding hydrogens is 336 g/mol. The van der Waals surface area contributed by atoms with Crippen LogP contribution in [0.2, 0.25) is 0 Å². The number of fused-ring (bicyclic) bond motifs is 1. The van der Waals surface area contributed by atoms with E-state index in [-0.39, 0.29) is 0 Å². The Morgan fingerprint density at radius 1 is 1.16 bits per heavy atom. The summed E-state index contributed by atoms with van der Waals surface area (Å²) in [5.41, 5.74) is 2.57. The van der Waals surface area contributed by atoms with E-state index < -0.39 is 0 Å². The van der Waals surface area contributed by atoms with E-state index in [0.717, 1.165) is 22.5 Å². The number of nitrogens with one attached hydrogen (secondary N) is 2. The molecule has 1 heterocycles. The number of ether oxygens (including phenoxy) is 1. The third-order valence-electron chi connectivity index (χ3n) is 3.61. The third-order valence-corrected chi connectivity index (χ3v) is 3.82. The Balaban J connectivity index is 1.76. The number of benzene rings is 2. The average Bonchev–Trinajstić information content (AvgIpc) is 2.99. The molecule has 0 saturated carbocycles. The molecule has 0 aliphatic carbocycles. The molecule has 2 aromatic carbocycles. The van der Waals surface area contributed by atoms with E-state index in [1.165, 1.54) is 0 Å². The summed E-state index contributed by atoms with van der Waals surface area (Å²) in [6.45, 7) is 2.59. The van der Waals surface area contributed by atoms with Crippen molar-refractivity contribution in [2.24, 2.45) is 0 Å². The lowest BCUT2D eigenvalue weighted by atomic mass is 10.2. The van der Waals surface area contributed by atoms with Crippen molar-refractivity contribution >= 4 is 45.5 Å². The highest BCUT2D eigenvalue weighted by Gasteiger charge is 2.14. The first-order chi connectivity index (χ1) is 12.1. The van der Waals surface area contributed by atoms with E-state index in [0.29, 0.717) is 23.1 Å². The minimum atomic E-state index is 0.438. The lowest BCUT2D eigenvalue weighted by Crippen LogP contribution is -2.19. The fourth-order valence-corrected chi connectivity index (χ4v) is 2.72. The van der Waals surface area contributed by atoms with Crippen molar-refractivity contribution in [3.05, 3.63) is 42.5 Å². The first-order valence-corrected chi connectivity index (χ1v) is 8.36. The summed E-state index contributed by atoms with van der Waals surface area (Å²) in [6, 6.07) is 13.4. The molecule has 0 fully saturated rings. The van der Waals surface area contributed by atoms with Gasteiger partial charge in [-0.3, -0.25) is 0 Å². The molecule has 6 nitrogen and oxygen atoms in total. The van der Waals surface area contributed by atoms with Crippen LogP contribution in [0, 0.1) is 0 Å². The van der Waals surface area contributed by atoms with E-state index in [1.807, 2.05) is 68.4 Å². The number of anilines is 3. The SMILES string of the molecule is CCOc1ccc(NC(=S)Nc2noc3cccc(N(C)C)c23)cc1. The maximum Gasteiger partial charge on any atom is 0.185 e. The lowest BCUT2D eigenvalue weighted by molar-refractivity contribution is 0.340. The molecule has 0 aliphatic heterocycles. The zero-order valence-corrected chi connectivity index (χ0v) is 15.2. The highest BCUT2D eigenvalue weighted by molar-refractivity contribution is 7.80. The van der Waals surface area contributed by atoms with Gasteiger partial charge in [-0.1, -0.05) is 11.2 Å². The number of hydrogen-bond donors (Lipinski definition) is 2. The van der Waals surface area contributed by atoms with Crippen molar-refractivity contribution in [1.82, 2.24) is 5.16 Å². The predicted octanol–water partition coefficient (Wildman–Crippen LogP) is 4.10. The summed E-state index contributed by atoms with van der Waals surface area (Å²) in [4.78, 5) is 2.01. The molecule has 0 radical (unpaired) electrons. The number of rotatable bonds is 5. The van der Waals surface area contributed by atoms with Crippen LogP contribution in [0.1, 0.15) is 6.92 Å². The van der Waals surface area contributed by atoms with Gasteiger partial charge in [-0.05, 0) is 55.5 Å². The van der Waals surface area contributed by atoms with Crippen LogP contribution in [-0.2, 0) is 0 Å². The van der Waals surface area contributed by atoms with Crippen LogP contribution in [0.25, 0.3) is 11.0 Å². The molecule has 0 atom stereocenters. The van der Waals surface area contributed by atoms with Crippen molar-refractivity contribution in [1.29, 1.82) is 0 Å². The smallest absolute Gasteiger partial charge is 0.185 e. The van der Waals surface area contributed by atoms with E-state index in [9.17, 15) is 0 Å². The predicted molar refractivity (Wildman–Crippen MR) is 106 cm³/mol. The highest BCUT2D eigenvalue weighted by atomic mass is 32.1. The molecule has 2 N–H and O–H groups in total. The van der Waals surface area contributed by atoms with Crippen LogP contribution in [-0.4, -0.2) is 31.0 Å². The standard InChI is InChI=1S/C18H20N4O2S/c1-4-23-13-10-8-12(9-11-13)19-18(25)20-17-16-14(22(2)3)6-5-7-15(16)24-21-17/h5-11H,4H2,1-3H3,(H2,19,20,21,25). The Morgan fingerprint density at radius 2 is 1.92 bits per heavy atom. The molecule has 0 saturated heterocycles. The summed E-state index contributed by atoms with van der Waals surface area (Å²) in [7, 11) is 3.95. The Labute approximate surface area is 151 Å². The molecule has 25 heavy (non-hydrogen) atoms. The van der Waals surface area contributed by atoms with Crippen LogP contribution < -0.4 is 20.3 Å². The minimum absolute atomic E-state index is 0.438. The van der Waals surface area contributed by atoms with E-state index >= 15 is 0 Å². The summed E-state index contributed by atoms with van der Waals surface area (Å²) in [5, 5.41) is 11.7. The van der Waals surface area contributed by atoms with Gasteiger partial charge in [0.25, 0.3) is 0 Å². The lowest BCUT2D eigenvalue weighted by Gasteiger charge is -2.14. The molecule has 0 unspecified atom stereocenters. The fourth-order valence-electron chi connectivity index (χ4n) is 2.50. The van der Waals surface area contributed by atoms with Gasteiger partial charge in [-0.25, -0.2) is 0 Å². The van der Waals surface area contributed by atoms with Crippen LogP contribution >= 0.6 is 12.2 Å². The Hall–Kier alpha value is -2.80. The van der Waals surface area contributed by atoms with Crippen LogP contribution in [0.15, 0.2) is 47.0 Å². The van der Waals surface area contributed by atoms with Gasteiger partial charge >= 0.3 is 0 Å². The van der Waals surface area contributed by atoms with Gasteiger partial charge in [0, 0.05) is 19.8 Å². The quantitative estimate of drug-likeness (QED) is 0.667. The number of nitrogens with zero attached hydrogens (tertiary/aromatic N) is 2. The average molecular weight is 356 g/mol. The Bertz CT molecular complexity index is 874. The Morgan fingerprint density at radius 3 is 2.60 bits per heavy atom. The molecular formula is C18H20N4O2S. The van der Waals surface area contributed by atoms with Gasteiger partial charge < -0.3 is 24.8 Å². The maximum atomic E-state index is 5.43. The molecule has 0 spiro atoms. The van der Waals surface area contributed by atoms with Gasteiger partial charge in [-0.2, -0.15) is 0 Å². The van der Waals surface area contributed by atoms with Crippen molar-refractivity contribution in [3.8, 4) is 5.75 Å². The van der Waals surface area contributed by atoms with Gasteiger partial charge in [0.15, 0.2) is 16.5 Å². The van der Waals surface area contributed by atoms with Crippen molar-refractivity contribution in [2.45, 2.75) is 6.92 Å². The van der Waals surface area contributed by atoms with Crippen LogP contribution in [0.5, 0.6) is 5.75 Å². The highest BCUT2D eigenvalue weighted by Crippen LogP contribution is 2.31. The summed E-state index contributed by atoms with van der Waals surface area (Å²) >= 11 is 5.39. The monoisotopic (exact) mass is 356 g/mol. The molecule has 130 valence electrons. The molecule has 0 bridgehead atoms. The van der Waals surface area contributed by atoms with E-state index in [1.54, 1.807) is 0 Å². The molecule has 3 rings (SSSR count). The van der Waals surface area contributed by atoms with Gasteiger partial charge in [0.1, 0.15) is 5.75 Å². The Kier molecular flexibility index (Phi) is 5.04. The van der Waals surface area contributed by atoms with Crippen molar-refractivity contribution in [3.63, 3.8) is 0 Å². The van der Waals surface area contributed by atoms with Gasteiger partial charge in [-0.15, -0.1) is 0 Å². The summed E-state index contributed by atoms with van der Waals surface area (Å²) in [5.74, 6) is 1.41. The molecule has 0 amide bonds. The summed E-state index contributed by atoms with van der Waals surface area (Å²) in [6.07, 6.45) is 0. The minimum Gasteiger partial charge on any atom is -0.494 e. The van der Waals surface area contributed by atoms with Gasteiger partial charge in [0.05, 0.1) is 17.7 Å². The number of hydrogen-bond acceptors (Lipinski definition) is 5.